The minimum Gasteiger partial charge on any atom is -0.345 e. The van der Waals surface area contributed by atoms with E-state index in [1.165, 1.54) is 6.42 Å². The second-order valence-electron chi connectivity index (χ2n) is 6.86. The number of anilines is 1. The van der Waals surface area contributed by atoms with Crippen molar-refractivity contribution < 1.29 is 10.1 Å². The lowest BCUT2D eigenvalue weighted by atomic mass is 9.84. The number of carbonyl (C=O) groups is 1. The number of nitrogens with one attached hydrogen (secondary N) is 1. The summed E-state index contributed by atoms with van der Waals surface area (Å²) in [6, 6.07) is 13.4. The van der Waals surface area contributed by atoms with Crippen molar-refractivity contribution in [2.75, 3.05) is 18.4 Å². The molecule has 0 saturated carbocycles. The molecular formula is C19H22N3O2+. The first-order valence-corrected chi connectivity index (χ1v) is 8.60. The Bertz CT molecular complexity index is 813. The molecule has 3 N–H and O–H groups in total. The molecule has 2 bridgehead atoms. The molecule has 1 fully saturated rings. The van der Waals surface area contributed by atoms with Gasteiger partial charge >= 0.3 is 0 Å². The minimum absolute atomic E-state index is 0.0643. The molecule has 2 aliphatic rings. The van der Waals surface area contributed by atoms with Gasteiger partial charge < -0.3 is 15.2 Å². The number of carbonyl (C=O) groups excluding carboxylic acids is 1. The maximum atomic E-state index is 12.8. The highest BCUT2D eigenvalue weighted by atomic mass is 16.2. The summed E-state index contributed by atoms with van der Waals surface area (Å²) < 4.78 is 1.88. The van der Waals surface area contributed by atoms with Gasteiger partial charge in [-0.3, -0.25) is 9.59 Å². The van der Waals surface area contributed by atoms with E-state index >= 15 is 0 Å². The Kier molecular flexibility index (Phi) is 3.94. The Labute approximate surface area is 140 Å². The SMILES string of the molecule is O=C(Cc1ccccc1)Nc1ccc2n(c1=O)C[C@@H]1C[NH2+]C[C@H]2C1. The predicted octanol–water partition coefficient (Wildman–Crippen LogP) is 0.710. The fraction of sp³-hybridized carbons (Fsp3) is 0.368. The lowest BCUT2D eigenvalue weighted by Crippen LogP contribution is -2.89. The summed E-state index contributed by atoms with van der Waals surface area (Å²) in [4.78, 5) is 25.0. The van der Waals surface area contributed by atoms with Crippen LogP contribution >= 0.6 is 0 Å². The van der Waals surface area contributed by atoms with E-state index in [4.69, 9.17) is 0 Å². The largest absolute Gasteiger partial charge is 0.345 e. The van der Waals surface area contributed by atoms with Crippen LogP contribution in [0.3, 0.4) is 0 Å². The average molecular weight is 324 g/mol. The van der Waals surface area contributed by atoms with Crippen LogP contribution in [0.15, 0.2) is 47.3 Å². The van der Waals surface area contributed by atoms with Gasteiger partial charge in [0.25, 0.3) is 5.56 Å². The topological polar surface area (TPSA) is 67.7 Å². The van der Waals surface area contributed by atoms with Crippen LogP contribution in [0.25, 0.3) is 0 Å². The number of pyridine rings is 1. The molecule has 2 aromatic rings. The number of rotatable bonds is 3. The van der Waals surface area contributed by atoms with E-state index in [1.807, 2.05) is 41.0 Å². The number of benzene rings is 1. The molecule has 0 radical (unpaired) electrons. The fourth-order valence-corrected chi connectivity index (χ4v) is 3.98. The van der Waals surface area contributed by atoms with Gasteiger partial charge in [0.2, 0.25) is 5.91 Å². The summed E-state index contributed by atoms with van der Waals surface area (Å²) in [5.41, 5.74) is 2.39. The van der Waals surface area contributed by atoms with Crippen LogP contribution in [-0.4, -0.2) is 23.6 Å². The Hall–Kier alpha value is -2.40. The van der Waals surface area contributed by atoms with E-state index in [-0.39, 0.29) is 17.9 Å². The van der Waals surface area contributed by atoms with Crippen LogP contribution in [-0.2, 0) is 17.8 Å². The van der Waals surface area contributed by atoms with Gasteiger partial charge in [-0.15, -0.1) is 0 Å². The number of quaternary nitrogens is 1. The highest BCUT2D eigenvalue weighted by Crippen LogP contribution is 2.30. The van der Waals surface area contributed by atoms with Gasteiger partial charge in [-0.05, 0) is 24.1 Å². The zero-order chi connectivity index (χ0) is 16.5. The van der Waals surface area contributed by atoms with E-state index in [2.05, 4.69) is 10.6 Å². The first-order chi connectivity index (χ1) is 11.7. The molecular weight excluding hydrogens is 302 g/mol. The smallest absolute Gasteiger partial charge is 0.274 e. The zero-order valence-electron chi connectivity index (χ0n) is 13.6. The quantitative estimate of drug-likeness (QED) is 0.873. The van der Waals surface area contributed by atoms with Gasteiger partial charge in [0, 0.05) is 24.1 Å². The Morgan fingerprint density at radius 2 is 2.00 bits per heavy atom. The third kappa shape index (κ3) is 2.87. The van der Waals surface area contributed by atoms with E-state index in [9.17, 15) is 9.59 Å². The Morgan fingerprint density at radius 1 is 1.17 bits per heavy atom. The molecule has 0 spiro atoms. The number of amides is 1. The minimum atomic E-state index is -0.150. The zero-order valence-corrected chi connectivity index (χ0v) is 13.6. The van der Waals surface area contributed by atoms with Crippen LogP contribution in [0.4, 0.5) is 5.69 Å². The summed E-state index contributed by atoms with van der Waals surface area (Å²) in [6.07, 6.45) is 1.46. The lowest BCUT2D eigenvalue weighted by molar-refractivity contribution is -0.673. The molecule has 4 rings (SSSR count). The van der Waals surface area contributed by atoms with Crippen molar-refractivity contribution in [3.05, 3.63) is 64.1 Å². The van der Waals surface area contributed by atoms with E-state index in [1.54, 1.807) is 6.07 Å². The van der Waals surface area contributed by atoms with Crippen molar-refractivity contribution in [3.63, 3.8) is 0 Å². The highest BCUT2D eigenvalue weighted by Gasteiger charge is 2.33. The first kappa shape index (κ1) is 15.1. The molecule has 0 unspecified atom stereocenters. The molecule has 124 valence electrons. The maximum absolute atomic E-state index is 12.8. The summed E-state index contributed by atoms with van der Waals surface area (Å²) in [7, 11) is 0. The highest BCUT2D eigenvalue weighted by molar-refractivity contribution is 5.92. The number of aromatic nitrogens is 1. The van der Waals surface area contributed by atoms with E-state index in [0.717, 1.165) is 30.9 Å². The third-order valence-electron chi connectivity index (χ3n) is 5.12. The summed E-state index contributed by atoms with van der Waals surface area (Å²) in [5, 5.41) is 5.14. The van der Waals surface area contributed by atoms with Crippen LogP contribution < -0.4 is 16.2 Å². The van der Waals surface area contributed by atoms with Gasteiger partial charge in [0.05, 0.1) is 19.5 Å². The van der Waals surface area contributed by atoms with Crippen molar-refractivity contribution in [3.8, 4) is 0 Å². The van der Waals surface area contributed by atoms with Crippen LogP contribution in [0.5, 0.6) is 0 Å². The number of nitrogens with zero attached hydrogens (tertiary/aromatic N) is 1. The predicted molar refractivity (Wildman–Crippen MR) is 92.0 cm³/mol. The second kappa shape index (κ2) is 6.24. The van der Waals surface area contributed by atoms with Gasteiger partial charge in [0.1, 0.15) is 5.69 Å². The van der Waals surface area contributed by atoms with E-state index in [0.29, 0.717) is 17.5 Å². The standard InChI is InChI=1S/C19H21N3O2/c23-18(9-13-4-2-1-3-5-13)21-16-6-7-17-15-8-14(10-20-11-15)12-22(17)19(16)24/h1-7,14-15,20H,8-12H2,(H,21,23)/p+1/t14-,15+/m0/s1. The van der Waals surface area contributed by atoms with Crippen molar-refractivity contribution in [2.24, 2.45) is 5.92 Å². The van der Waals surface area contributed by atoms with Gasteiger partial charge in [-0.2, -0.15) is 0 Å². The molecule has 2 aliphatic heterocycles. The molecule has 5 heteroatoms. The van der Waals surface area contributed by atoms with Crippen molar-refractivity contribution in [1.82, 2.24) is 4.57 Å². The van der Waals surface area contributed by atoms with Crippen molar-refractivity contribution in [2.45, 2.75) is 25.3 Å². The monoisotopic (exact) mass is 324 g/mol. The number of piperidine rings is 1. The number of hydrogen-bond donors (Lipinski definition) is 2. The molecule has 0 aliphatic carbocycles. The molecule has 1 amide bonds. The van der Waals surface area contributed by atoms with Gasteiger partial charge in [-0.1, -0.05) is 30.3 Å². The summed E-state index contributed by atoms with van der Waals surface area (Å²) >= 11 is 0. The molecule has 1 aromatic carbocycles. The average Bonchev–Trinajstić information content (AvgIpc) is 2.59. The lowest BCUT2D eigenvalue weighted by Gasteiger charge is -2.35. The Balaban J connectivity index is 1.55. The summed E-state index contributed by atoms with van der Waals surface area (Å²) in [5.74, 6) is 0.867. The second-order valence-corrected chi connectivity index (χ2v) is 6.86. The molecule has 3 heterocycles. The van der Waals surface area contributed by atoms with Crippen LogP contribution in [0.1, 0.15) is 23.6 Å². The number of fused-ring (bicyclic) bond motifs is 4. The molecule has 1 aromatic heterocycles. The normalized spacial score (nSPS) is 21.8. The first-order valence-electron chi connectivity index (χ1n) is 8.60. The van der Waals surface area contributed by atoms with Gasteiger partial charge in [-0.25, -0.2) is 0 Å². The fourth-order valence-electron chi connectivity index (χ4n) is 3.98. The van der Waals surface area contributed by atoms with Crippen LogP contribution in [0.2, 0.25) is 0 Å². The molecule has 5 nitrogen and oxygen atoms in total. The van der Waals surface area contributed by atoms with Crippen molar-refractivity contribution >= 4 is 11.6 Å². The molecule has 1 saturated heterocycles. The third-order valence-corrected chi connectivity index (χ3v) is 5.12. The van der Waals surface area contributed by atoms with Crippen molar-refractivity contribution in [1.29, 1.82) is 0 Å². The van der Waals surface area contributed by atoms with Gasteiger partial charge in [0.15, 0.2) is 0 Å². The Morgan fingerprint density at radius 3 is 2.83 bits per heavy atom. The summed E-state index contributed by atoms with van der Waals surface area (Å²) in [6.45, 7) is 2.91. The number of hydrogen-bond acceptors (Lipinski definition) is 2. The molecule has 24 heavy (non-hydrogen) atoms. The van der Waals surface area contributed by atoms with Crippen LogP contribution in [0, 0.1) is 5.92 Å². The van der Waals surface area contributed by atoms with E-state index < -0.39 is 0 Å². The molecule has 2 atom stereocenters. The maximum Gasteiger partial charge on any atom is 0.274 e. The number of nitrogens with two attached hydrogens (primary N) is 1.